The van der Waals surface area contributed by atoms with E-state index >= 15 is 0 Å². The number of halogens is 1. The molecule has 1 N–H and O–H groups in total. The summed E-state index contributed by atoms with van der Waals surface area (Å²) in [5, 5.41) is 3.54. The number of rotatable bonds is 15. The predicted octanol–water partition coefficient (Wildman–Crippen LogP) is 12.5. The van der Waals surface area contributed by atoms with Crippen molar-refractivity contribution in [2.24, 2.45) is 0 Å². The van der Waals surface area contributed by atoms with Crippen LogP contribution in [-0.4, -0.2) is 39.5 Å². The number of esters is 1. The molecule has 9 rings (SSSR count). The first kappa shape index (κ1) is 43.7. The Morgan fingerprint density at radius 3 is 2.05 bits per heavy atom. The second-order valence-corrected chi connectivity index (χ2v) is 16.6. The van der Waals surface area contributed by atoms with Crippen LogP contribution in [0.3, 0.4) is 0 Å². The lowest BCUT2D eigenvalue weighted by Crippen LogP contribution is -2.37. The molecule has 0 fully saturated rings. The molecule has 3 atom stereocenters. The lowest BCUT2D eigenvalue weighted by molar-refractivity contribution is -0.155. The van der Waals surface area contributed by atoms with E-state index in [1.165, 1.54) is 0 Å². The fourth-order valence-electron chi connectivity index (χ4n) is 9.17. The monoisotopic (exact) mass is 893 g/mol. The molecular formula is C57H48ClNO7. The third-order valence-corrected chi connectivity index (χ3v) is 12.7. The van der Waals surface area contributed by atoms with Crippen molar-refractivity contribution in [1.82, 2.24) is 5.32 Å². The number of carbonyl (C=O) groups is 2. The van der Waals surface area contributed by atoms with Gasteiger partial charge in [-0.05, 0) is 88.7 Å². The largest absolute Gasteiger partial charge is 0.497 e. The van der Waals surface area contributed by atoms with Gasteiger partial charge in [-0.3, -0.25) is 0 Å². The van der Waals surface area contributed by atoms with Gasteiger partial charge in [-0.1, -0.05) is 145 Å². The minimum atomic E-state index is -1.40. The molecule has 2 aliphatic rings. The fourth-order valence-corrected chi connectivity index (χ4v) is 9.44. The van der Waals surface area contributed by atoms with Gasteiger partial charge >= 0.3 is 12.1 Å². The number of allylic oxidation sites excluding steroid dienone is 1. The van der Waals surface area contributed by atoms with Crippen molar-refractivity contribution in [2.45, 2.75) is 36.3 Å². The molecule has 8 nitrogen and oxygen atoms in total. The Balaban J connectivity index is 0.956. The third kappa shape index (κ3) is 8.94. The van der Waals surface area contributed by atoms with Gasteiger partial charge in [0.05, 0.1) is 20.3 Å². The summed E-state index contributed by atoms with van der Waals surface area (Å²) < 4.78 is 30.0. The van der Waals surface area contributed by atoms with Gasteiger partial charge in [-0.2, -0.15) is 0 Å². The Morgan fingerprint density at radius 1 is 0.727 bits per heavy atom. The van der Waals surface area contributed by atoms with Gasteiger partial charge in [-0.25, -0.2) is 9.59 Å². The number of alkyl carbamates (subject to hydrolysis) is 1. The maximum atomic E-state index is 14.2. The highest BCUT2D eigenvalue weighted by atomic mass is 35.5. The van der Waals surface area contributed by atoms with Gasteiger partial charge in [0, 0.05) is 45.2 Å². The highest BCUT2D eigenvalue weighted by Crippen LogP contribution is 2.46. The van der Waals surface area contributed by atoms with E-state index in [2.05, 4.69) is 59.6 Å². The maximum absolute atomic E-state index is 14.2. The normalized spacial score (nSPS) is 15.1. The van der Waals surface area contributed by atoms with Crippen molar-refractivity contribution in [1.29, 1.82) is 0 Å². The van der Waals surface area contributed by atoms with Crippen LogP contribution in [-0.2, 0) is 19.9 Å². The Hall–Kier alpha value is -7.51. The average molecular weight is 894 g/mol. The highest BCUT2D eigenvalue weighted by Gasteiger charge is 2.42. The lowest BCUT2D eigenvalue weighted by Gasteiger charge is -2.36. The molecule has 330 valence electrons. The molecular weight excluding hydrogens is 846 g/mol. The third-order valence-electron chi connectivity index (χ3n) is 12.4. The summed E-state index contributed by atoms with van der Waals surface area (Å²) in [4.78, 5) is 28.0. The number of amides is 1. The van der Waals surface area contributed by atoms with E-state index in [0.717, 1.165) is 51.8 Å². The number of fused-ring (bicyclic) bond motifs is 3. The predicted molar refractivity (Wildman–Crippen MR) is 256 cm³/mol. The number of hydrogen-bond acceptors (Lipinski definition) is 7. The smallest absolute Gasteiger partial charge is 0.407 e. The van der Waals surface area contributed by atoms with E-state index in [1.807, 2.05) is 109 Å². The summed E-state index contributed by atoms with van der Waals surface area (Å²) in [7, 11) is 3.15. The minimum Gasteiger partial charge on any atom is -0.497 e. The van der Waals surface area contributed by atoms with Crippen LogP contribution in [0.1, 0.15) is 75.2 Å². The molecule has 66 heavy (non-hydrogen) atoms. The molecule has 7 aromatic carbocycles. The van der Waals surface area contributed by atoms with Gasteiger partial charge in [0.1, 0.15) is 23.9 Å². The first-order valence-electron chi connectivity index (χ1n) is 22.0. The standard InChI is InChI=1S/C57H48ClNO7/c1-62-44-33-34-49(53(35-44)63-2)55(59-56(61)65-36-50-47-21-11-9-19-45(47)46-20-10-12-22-48(46)50)40-27-31-43(32-28-40)64-37-54(60)66-57(41-17-7-4-8-18-41,51-23-13-14-24-52(51)58)42-29-25-39(26-30-42)38-15-5-3-6-16-38/h3-4,7-14,16-35,38,50,55H,5,15,36-37H2,1-2H3,(H,59,61). The van der Waals surface area contributed by atoms with Crippen LogP contribution in [0.25, 0.3) is 11.1 Å². The highest BCUT2D eigenvalue weighted by molar-refractivity contribution is 6.31. The summed E-state index contributed by atoms with van der Waals surface area (Å²) in [5.74, 6) is 1.06. The summed E-state index contributed by atoms with van der Waals surface area (Å²) >= 11 is 6.96. The SMILES string of the molecule is COc1ccc(C(NC(=O)OCC2c3ccccc3-c3ccccc32)c2ccc(OCC(=O)OC(c3ccccc3)(c3ccc(C4C=C=CCC4)cc3)c3ccccc3Cl)cc2)c(OC)c1. The van der Waals surface area contributed by atoms with Crippen LogP contribution in [0.2, 0.25) is 5.02 Å². The quantitative estimate of drug-likeness (QED) is 0.0622. The molecule has 0 bridgehead atoms. The zero-order valence-electron chi connectivity index (χ0n) is 36.6. The molecule has 7 aromatic rings. The van der Waals surface area contributed by atoms with Crippen molar-refractivity contribution >= 4 is 23.7 Å². The van der Waals surface area contributed by atoms with Gasteiger partial charge in [0.25, 0.3) is 0 Å². The van der Waals surface area contributed by atoms with E-state index in [1.54, 1.807) is 38.5 Å². The van der Waals surface area contributed by atoms with E-state index in [4.69, 9.17) is 35.3 Å². The van der Waals surface area contributed by atoms with Gasteiger partial charge < -0.3 is 29.0 Å². The summed E-state index contributed by atoms with van der Waals surface area (Å²) in [6.45, 7) is -0.248. The minimum absolute atomic E-state index is 0.106. The van der Waals surface area contributed by atoms with Crippen molar-refractivity contribution in [3.05, 3.63) is 237 Å². The molecule has 3 unspecified atom stereocenters. The number of carbonyl (C=O) groups excluding carboxylic acids is 2. The van der Waals surface area contributed by atoms with E-state index in [9.17, 15) is 9.59 Å². The van der Waals surface area contributed by atoms with Crippen LogP contribution in [0.5, 0.6) is 17.2 Å². The maximum Gasteiger partial charge on any atom is 0.407 e. The van der Waals surface area contributed by atoms with Crippen molar-refractivity contribution < 1.29 is 33.3 Å². The van der Waals surface area contributed by atoms with Crippen LogP contribution >= 0.6 is 11.6 Å². The first-order chi connectivity index (χ1) is 32.4. The van der Waals surface area contributed by atoms with Gasteiger partial charge in [-0.15, -0.1) is 5.73 Å². The second-order valence-electron chi connectivity index (χ2n) is 16.2. The van der Waals surface area contributed by atoms with Crippen molar-refractivity contribution in [3.8, 4) is 28.4 Å². The Morgan fingerprint density at radius 2 is 1.38 bits per heavy atom. The number of nitrogens with one attached hydrogen (secondary N) is 1. The number of methoxy groups -OCH3 is 2. The molecule has 0 saturated heterocycles. The Kier molecular flexibility index (Phi) is 13.1. The molecule has 0 saturated carbocycles. The second kappa shape index (κ2) is 19.7. The van der Waals surface area contributed by atoms with Crippen LogP contribution in [0.15, 0.2) is 188 Å². The van der Waals surface area contributed by atoms with Crippen LogP contribution in [0, 0.1) is 0 Å². The topological polar surface area (TPSA) is 92.3 Å². The number of hydrogen-bond donors (Lipinski definition) is 1. The first-order valence-corrected chi connectivity index (χ1v) is 22.3. The van der Waals surface area contributed by atoms with Gasteiger partial charge in [0.2, 0.25) is 0 Å². The molecule has 9 heteroatoms. The van der Waals surface area contributed by atoms with E-state index in [-0.39, 0.29) is 18.4 Å². The Labute approximate surface area is 390 Å². The van der Waals surface area contributed by atoms with Crippen LogP contribution < -0.4 is 19.5 Å². The molecule has 0 aliphatic heterocycles. The number of ether oxygens (including phenoxy) is 5. The molecule has 2 aliphatic carbocycles. The Bertz CT molecular complexity index is 2860. The summed E-state index contributed by atoms with van der Waals surface area (Å²) in [6, 6.07) is 53.5. The zero-order chi connectivity index (χ0) is 45.5. The van der Waals surface area contributed by atoms with Crippen molar-refractivity contribution in [2.75, 3.05) is 27.4 Å². The summed E-state index contributed by atoms with van der Waals surface area (Å²) in [6.07, 6.45) is 5.52. The number of benzene rings is 7. The average Bonchev–Trinajstić information content (AvgIpc) is 3.70. The molecule has 1 amide bonds. The van der Waals surface area contributed by atoms with E-state index < -0.39 is 30.3 Å². The van der Waals surface area contributed by atoms with Crippen molar-refractivity contribution in [3.63, 3.8) is 0 Å². The fraction of sp³-hybridized carbons (Fsp3) is 0.175. The van der Waals surface area contributed by atoms with Crippen LogP contribution in [0.4, 0.5) is 4.79 Å². The lowest BCUT2D eigenvalue weighted by atomic mass is 9.79. The summed E-state index contributed by atoms with van der Waals surface area (Å²) in [5.41, 5.74) is 11.0. The van der Waals surface area contributed by atoms with E-state index in [0.29, 0.717) is 39.0 Å². The zero-order valence-corrected chi connectivity index (χ0v) is 37.4. The molecule has 0 heterocycles. The van der Waals surface area contributed by atoms with Gasteiger partial charge in [0.15, 0.2) is 12.2 Å². The molecule has 0 radical (unpaired) electrons. The molecule has 0 aromatic heterocycles. The molecule has 0 spiro atoms.